The van der Waals surface area contributed by atoms with Gasteiger partial charge in [0.15, 0.2) is 0 Å². The molecular formula is C55H82N4O4. The number of amides is 2. The Kier molecular flexibility index (Phi) is 13.2. The van der Waals surface area contributed by atoms with Crippen molar-refractivity contribution in [3.05, 3.63) is 77.4 Å². The molecule has 63 heavy (non-hydrogen) atoms. The Morgan fingerprint density at radius 3 is 2.32 bits per heavy atom. The lowest BCUT2D eigenvalue weighted by Gasteiger charge is -2.72. The number of aliphatic hydroxyl groups is 1. The van der Waals surface area contributed by atoms with E-state index in [0.29, 0.717) is 73.4 Å². The second kappa shape index (κ2) is 17.9. The molecule has 0 aromatic heterocycles. The normalized spacial score (nSPS) is 38.3. The Balaban J connectivity index is 0.852. The quantitative estimate of drug-likeness (QED) is 0.118. The maximum atomic E-state index is 14.8. The molecule has 1 saturated heterocycles. The van der Waals surface area contributed by atoms with Gasteiger partial charge in [-0.2, -0.15) is 0 Å². The van der Waals surface area contributed by atoms with Gasteiger partial charge in [0.1, 0.15) is 5.75 Å². The average molecular weight is 863 g/mol. The number of benzene rings is 2. The predicted molar refractivity (Wildman–Crippen MR) is 254 cm³/mol. The predicted octanol–water partition coefficient (Wildman–Crippen LogP) is 9.74. The molecule has 0 spiro atoms. The first-order valence-electron chi connectivity index (χ1n) is 25.1. The zero-order chi connectivity index (χ0) is 45.0. The van der Waals surface area contributed by atoms with Crippen molar-refractivity contribution in [2.75, 3.05) is 32.8 Å². The molecule has 8 nitrogen and oxygen atoms in total. The van der Waals surface area contributed by atoms with Crippen molar-refractivity contribution in [2.45, 2.75) is 157 Å². The number of piperazine rings is 1. The van der Waals surface area contributed by atoms with Gasteiger partial charge in [-0.25, -0.2) is 0 Å². The van der Waals surface area contributed by atoms with Gasteiger partial charge in [0, 0.05) is 50.4 Å². The van der Waals surface area contributed by atoms with Crippen molar-refractivity contribution < 1.29 is 19.4 Å². The van der Waals surface area contributed by atoms with Crippen LogP contribution in [0.4, 0.5) is 0 Å². The third-order valence-electron chi connectivity index (χ3n) is 19.3. The Hall–Kier alpha value is -3.20. The molecule has 8 heteroatoms. The summed E-state index contributed by atoms with van der Waals surface area (Å²) in [4.78, 5) is 30.6. The van der Waals surface area contributed by atoms with Crippen LogP contribution < -0.4 is 20.7 Å². The van der Waals surface area contributed by atoms with Crippen molar-refractivity contribution in [3.63, 3.8) is 0 Å². The van der Waals surface area contributed by atoms with Gasteiger partial charge in [-0.1, -0.05) is 71.0 Å². The standard InChI is InChI=1S/C55H82N4O4/c1-36(2)43-20-26-55(28-27-53(8)44(48(43)55)18-19-46-52(7)24-22-47(60)51(5,6)45(52)21-25-54(46,53)9)50(62)56-29-23-39-12-10-13-41(32-39)49(61)57-33-40-14-16-42(17-15-40)63-31-11-30-59-34-37(3)58-38(4)35-59/h10,12-17,32,37-38,43-48,58,60H,1,11,18-31,33-35H2,2-9H3,(H,56,62)(H,57,61)/t37?,38?,43-,44?,45?,46?,47-,48?,52-,53+,54+,55-/m0/s1. The number of aliphatic hydroxyl groups excluding tert-OH is 1. The first kappa shape index (κ1) is 46.3. The molecule has 6 aliphatic rings. The van der Waals surface area contributed by atoms with Crippen molar-refractivity contribution >= 4 is 11.8 Å². The lowest BCUT2D eigenvalue weighted by atomic mass is 9.32. The number of allylic oxidation sites excluding steroid dienone is 1. The summed E-state index contributed by atoms with van der Waals surface area (Å²) < 4.78 is 6.04. The van der Waals surface area contributed by atoms with Gasteiger partial charge in [-0.05, 0) is 184 Å². The van der Waals surface area contributed by atoms with Gasteiger partial charge in [0.25, 0.3) is 5.91 Å². The third-order valence-corrected chi connectivity index (χ3v) is 19.3. The van der Waals surface area contributed by atoms with Crippen molar-refractivity contribution in [3.8, 4) is 5.75 Å². The largest absolute Gasteiger partial charge is 0.494 e. The SMILES string of the molecule is C=C(C)[C@@H]1CC[C@]2(C(=O)NCCc3cccc(C(=O)NCc4ccc(OCCCN5CC(C)NC(C)C5)cc4)c3)CC[C@]3(C)C(CCC4[C@@]5(C)CC[C@H](O)C(C)(C)C5CC[C@]43C)C12. The summed E-state index contributed by atoms with van der Waals surface area (Å²) in [7, 11) is 0. The van der Waals surface area contributed by atoms with Gasteiger partial charge in [0.2, 0.25) is 5.91 Å². The van der Waals surface area contributed by atoms with Crippen molar-refractivity contribution in [1.82, 2.24) is 20.9 Å². The molecule has 8 rings (SSSR count). The smallest absolute Gasteiger partial charge is 0.251 e. The highest BCUT2D eigenvalue weighted by Crippen LogP contribution is 2.77. The molecule has 0 bridgehead atoms. The van der Waals surface area contributed by atoms with Gasteiger partial charge in [0.05, 0.1) is 18.1 Å². The topological polar surface area (TPSA) is 103 Å². The second-order valence-electron chi connectivity index (χ2n) is 23.2. The highest BCUT2D eigenvalue weighted by atomic mass is 16.5. The molecule has 6 unspecified atom stereocenters. The maximum absolute atomic E-state index is 14.8. The fourth-order valence-corrected chi connectivity index (χ4v) is 16.0. The maximum Gasteiger partial charge on any atom is 0.251 e. The molecule has 4 N–H and O–H groups in total. The number of carbonyl (C=O) groups excluding carboxylic acids is 2. The molecule has 0 radical (unpaired) electrons. The van der Waals surface area contributed by atoms with E-state index in [2.05, 4.69) is 88.9 Å². The Morgan fingerprint density at radius 1 is 0.841 bits per heavy atom. The summed E-state index contributed by atoms with van der Waals surface area (Å²) in [5.41, 5.74) is 4.17. The highest BCUT2D eigenvalue weighted by Gasteiger charge is 2.71. The number of rotatable bonds is 13. The van der Waals surface area contributed by atoms with Crippen LogP contribution in [0.5, 0.6) is 5.75 Å². The number of nitrogens with zero attached hydrogens (tertiary/aromatic N) is 1. The van der Waals surface area contributed by atoms with E-state index in [0.717, 1.165) is 81.5 Å². The minimum Gasteiger partial charge on any atom is -0.494 e. The van der Waals surface area contributed by atoms with Crippen LogP contribution in [0.3, 0.4) is 0 Å². The lowest BCUT2D eigenvalue weighted by Crippen LogP contribution is -2.67. The molecule has 1 aliphatic heterocycles. The van der Waals surface area contributed by atoms with Crippen molar-refractivity contribution in [1.29, 1.82) is 0 Å². The van der Waals surface area contributed by atoms with E-state index in [4.69, 9.17) is 4.74 Å². The summed E-state index contributed by atoms with van der Waals surface area (Å²) in [5, 5.41) is 21.3. The number of ether oxygens (including phenoxy) is 1. The van der Waals surface area contributed by atoms with E-state index >= 15 is 0 Å². The fraction of sp³-hybridized carbons (Fsp3) is 0.709. The number of nitrogens with one attached hydrogen (secondary N) is 3. The number of carbonyl (C=O) groups is 2. The minimum atomic E-state index is -0.357. The molecule has 6 fully saturated rings. The summed E-state index contributed by atoms with van der Waals surface area (Å²) >= 11 is 0. The van der Waals surface area contributed by atoms with Crippen LogP contribution in [0.25, 0.3) is 0 Å². The van der Waals surface area contributed by atoms with E-state index in [1.165, 1.54) is 31.3 Å². The van der Waals surface area contributed by atoms with E-state index < -0.39 is 0 Å². The first-order chi connectivity index (χ1) is 29.9. The zero-order valence-electron chi connectivity index (χ0n) is 40.3. The van der Waals surface area contributed by atoms with Crippen LogP contribution >= 0.6 is 0 Å². The monoisotopic (exact) mass is 863 g/mol. The molecule has 1 heterocycles. The Labute approximate surface area is 380 Å². The van der Waals surface area contributed by atoms with Crippen LogP contribution in [0.15, 0.2) is 60.7 Å². The average Bonchev–Trinajstić information content (AvgIpc) is 3.65. The molecule has 2 aromatic rings. The minimum absolute atomic E-state index is 0.0521. The van der Waals surface area contributed by atoms with E-state index in [1.54, 1.807) is 0 Å². The second-order valence-corrected chi connectivity index (χ2v) is 23.2. The van der Waals surface area contributed by atoms with Crippen molar-refractivity contribution in [2.24, 2.45) is 56.7 Å². The number of fused-ring (bicyclic) bond motifs is 7. The number of hydrogen-bond donors (Lipinski definition) is 4. The third kappa shape index (κ3) is 8.45. The van der Waals surface area contributed by atoms with Gasteiger partial charge >= 0.3 is 0 Å². The summed E-state index contributed by atoms with van der Waals surface area (Å²) in [6.45, 7) is 28.7. The fourth-order valence-electron chi connectivity index (χ4n) is 16.0. The number of hydrogen-bond acceptors (Lipinski definition) is 6. The Bertz CT molecular complexity index is 1970. The summed E-state index contributed by atoms with van der Waals surface area (Å²) in [5.74, 6) is 3.38. The Morgan fingerprint density at radius 2 is 1.59 bits per heavy atom. The summed E-state index contributed by atoms with van der Waals surface area (Å²) in [6, 6.07) is 16.9. The molecule has 2 aromatic carbocycles. The zero-order valence-corrected chi connectivity index (χ0v) is 40.3. The molecular weight excluding hydrogens is 781 g/mol. The van der Waals surface area contributed by atoms with Gasteiger partial charge in [-0.15, -0.1) is 0 Å². The first-order valence-corrected chi connectivity index (χ1v) is 25.1. The molecule has 5 saturated carbocycles. The van der Waals surface area contributed by atoms with E-state index in [-0.39, 0.29) is 45.0 Å². The highest BCUT2D eigenvalue weighted by molar-refractivity contribution is 5.94. The van der Waals surface area contributed by atoms with Crippen LogP contribution in [-0.2, 0) is 17.8 Å². The molecule has 12 atom stereocenters. The lowest BCUT2D eigenvalue weighted by molar-refractivity contribution is -0.246. The van der Waals surface area contributed by atoms with Crippen LogP contribution in [0.1, 0.15) is 148 Å². The molecule has 5 aliphatic carbocycles. The van der Waals surface area contributed by atoms with Gasteiger partial charge in [-0.3, -0.25) is 9.59 Å². The van der Waals surface area contributed by atoms with Crippen LogP contribution in [0.2, 0.25) is 0 Å². The summed E-state index contributed by atoms with van der Waals surface area (Å²) in [6.07, 6.45) is 12.4. The van der Waals surface area contributed by atoms with E-state index in [1.807, 2.05) is 42.5 Å². The van der Waals surface area contributed by atoms with Crippen LogP contribution in [0, 0.1) is 56.7 Å². The molecule has 346 valence electrons. The van der Waals surface area contributed by atoms with Crippen LogP contribution in [-0.4, -0.2) is 72.8 Å². The molecule has 2 amide bonds. The van der Waals surface area contributed by atoms with E-state index in [9.17, 15) is 14.7 Å². The van der Waals surface area contributed by atoms with Gasteiger partial charge < -0.3 is 30.7 Å².